The quantitative estimate of drug-likeness (QED) is 0.634. The van der Waals surface area contributed by atoms with E-state index in [0.717, 1.165) is 43.0 Å². The molecule has 100 valence electrons. The summed E-state index contributed by atoms with van der Waals surface area (Å²) in [5.74, 6) is 1.05. The largest absolute Gasteiger partial charge is 0.378 e. The summed E-state index contributed by atoms with van der Waals surface area (Å²) < 4.78 is 5.44. The van der Waals surface area contributed by atoms with Crippen LogP contribution in [0.3, 0.4) is 0 Å². The van der Waals surface area contributed by atoms with E-state index in [1.807, 2.05) is 24.5 Å². The van der Waals surface area contributed by atoms with Crippen LogP contribution in [0.25, 0.3) is 21.7 Å². The van der Waals surface area contributed by atoms with E-state index in [9.17, 15) is 0 Å². The van der Waals surface area contributed by atoms with Crippen LogP contribution in [0.15, 0.2) is 42.7 Å². The molecule has 20 heavy (non-hydrogen) atoms. The van der Waals surface area contributed by atoms with Crippen LogP contribution in [0.2, 0.25) is 0 Å². The standard InChI is InChI=1S/C16H15N3O/c1-2-4-15-12(3-1)14-11-17-6-5-13(14)16(18-15)19-7-9-20-10-8-19/h1-6,11H,7-10H2. The van der Waals surface area contributed by atoms with E-state index in [-0.39, 0.29) is 0 Å². The smallest absolute Gasteiger partial charge is 0.137 e. The molecule has 1 aromatic carbocycles. The van der Waals surface area contributed by atoms with Gasteiger partial charge in [-0.05, 0) is 12.1 Å². The van der Waals surface area contributed by atoms with Crippen molar-refractivity contribution in [1.82, 2.24) is 9.97 Å². The van der Waals surface area contributed by atoms with Crippen LogP contribution >= 0.6 is 0 Å². The van der Waals surface area contributed by atoms with Gasteiger partial charge >= 0.3 is 0 Å². The highest BCUT2D eigenvalue weighted by molar-refractivity contribution is 6.09. The summed E-state index contributed by atoms with van der Waals surface area (Å²) in [6, 6.07) is 10.3. The summed E-state index contributed by atoms with van der Waals surface area (Å²) in [6.45, 7) is 3.31. The summed E-state index contributed by atoms with van der Waals surface area (Å²) in [6.07, 6.45) is 3.77. The van der Waals surface area contributed by atoms with Crippen LogP contribution in [0, 0.1) is 0 Å². The third-order valence-corrected chi connectivity index (χ3v) is 3.79. The number of rotatable bonds is 1. The van der Waals surface area contributed by atoms with Crippen molar-refractivity contribution in [2.24, 2.45) is 0 Å². The lowest BCUT2D eigenvalue weighted by atomic mass is 10.1. The predicted octanol–water partition coefficient (Wildman–Crippen LogP) is 2.62. The fourth-order valence-electron chi connectivity index (χ4n) is 2.79. The zero-order valence-electron chi connectivity index (χ0n) is 11.1. The van der Waals surface area contributed by atoms with Gasteiger partial charge in [0.25, 0.3) is 0 Å². The van der Waals surface area contributed by atoms with Crippen LogP contribution in [0.1, 0.15) is 0 Å². The van der Waals surface area contributed by atoms with E-state index >= 15 is 0 Å². The third kappa shape index (κ3) is 1.80. The Morgan fingerprint density at radius 2 is 1.80 bits per heavy atom. The number of morpholine rings is 1. The highest BCUT2D eigenvalue weighted by Crippen LogP contribution is 2.30. The van der Waals surface area contributed by atoms with Crippen molar-refractivity contribution in [1.29, 1.82) is 0 Å². The van der Waals surface area contributed by atoms with E-state index in [0.29, 0.717) is 0 Å². The highest BCUT2D eigenvalue weighted by Gasteiger charge is 2.16. The molecule has 4 rings (SSSR count). The number of pyridine rings is 2. The molecule has 0 saturated carbocycles. The minimum Gasteiger partial charge on any atom is -0.378 e. The van der Waals surface area contributed by atoms with Gasteiger partial charge in [-0.1, -0.05) is 18.2 Å². The number of anilines is 1. The molecule has 1 aliphatic rings. The first-order valence-electron chi connectivity index (χ1n) is 6.89. The van der Waals surface area contributed by atoms with Crippen molar-refractivity contribution in [2.75, 3.05) is 31.2 Å². The number of para-hydroxylation sites is 1. The molecule has 1 fully saturated rings. The average Bonchev–Trinajstić information content (AvgIpc) is 2.55. The average molecular weight is 265 g/mol. The number of ether oxygens (including phenoxy) is 1. The Morgan fingerprint density at radius 1 is 0.950 bits per heavy atom. The fourth-order valence-corrected chi connectivity index (χ4v) is 2.79. The Balaban J connectivity index is 2.02. The summed E-state index contributed by atoms with van der Waals surface area (Å²) >= 11 is 0. The predicted molar refractivity (Wildman–Crippen MR) is 80.1 cm³/mol. The number of fused-ring (bicyclic) bond motifs is 3. The Labute approximate surface area is 117 Å². The van der Waals surface area contributed by atoms with Crippen molar-refractivity contribution in [2.45, 2.75) is 0 Å². The Morgan fingerprint density at radius 3 is 2.70 bits per heavy atom. The van der Waals surface area contributed by atoms with Gasteiger partial charge in [0.05, 0.1) is 18.7 Å². The number of aromatic nitrogens is 2. The normalized spacial score (nSPS) is 15.9. The van der Waals surface area contributed by atoms with Gasteiger partial charge < -0.3 is 9.64 Å². The van der Waals surface area contributed by atoms with E-state index < -0.39 is 0 Å². The van der Waals surface area contributed by atoms with Gasteiger partial charge in [0.1, 0.15) is 5.82 Å². The second-order valence-electron chi connectivity index (χ2n) is 4.97. The van der Waals surface area contributed by atoms with Crippen LogP contribution in [-0.2, 0) is 4.74 Å². The maximum absolute atomic E-state index is 5.44. The molecule has 2 aromatic heterocycles. The topological polar surface area (TPSA) is 38.2 Å². The summed E-state index contributed by atoms with van der Waals surface area (Å²) in [5.41, 5.74) is 1.02. The van der Waals surface area contributed by atoms with Gasteiger partial charge in [-0.3, -0.25) is 4.98 Å². The number of hydrogen-bond acceptors (Lipinski definition) is 4. The lowest BCUT2D eigenvalue weighted by Crippen LogP contribution is -2.36. The summed E-state index contributed by atoms with van der Waals surface area (Å²) in [7, 11) is 0. The van der Waals surface area contributed by atoms with Crippen molar-refractivity contribution in [3.8, 4) is 0 Å². The second-order valence-corrected chi connectivity index (χ2v) is 4.97. The van der Waals surface area contributed by atoms with Gasteiger partial charge in [0.2, 0.25) is 0 Å². The van der Waals surface area contributed by atoms with Crippen molar-refractivity contribution in [3.63, 3.8) is 0 Å². The van der Waals surface area contributed by atoms with Crippen LogP contribution in [-0.4, -0.2) is 36.3 Å². The molecule has 1 saturated heterocycles. The van der Waals surface area contributed by atoms with Crippen molar-refractivity contribution >= 4 is 27.5 Å². The molecule has 0 aliphatic carbocycles. The molecule has 0 N–H and O–H groups in total. The van der Waals surface area contributed by atoms with E-state index in [1.165, 1.54) is 10.8 Å². The van der Waals surface area contributed by atoms with E-state index in [2.05, 4.69) is 28.1 Å². The first kappa shape index (κ1) is 11.6. The molecule has 4 nitrogen and oxygen atoms in total. The first-order valence-corrected chi connectivity index (χ1v) is 6.89. The fraction of sp³-hybridized carbons (Fsp3) is 0.250. The lowest BCUT2D eigenvalue weighted by molar-refractivity contribution is 0.122. The molecule has 0 spiro atoms. The molecule has 1 aliphatic heterocycles. The molecule has 3 aromatic rings. The Bertz CT molecular complexity index is 766. The zero-order valence-corrected chi connectivity index (χ0v) is 11.1. The van der Waals surface area contributed by atoms with Gasteiger partial charge in [-0.25, -0.2) is 4.98 Å². The lowest BCUT2D eigenvalue weighted by Gasteiger charge is -2.29. The first-order chi connectivity index (χ1) is 9.93. The molecule has 0 amide bonds. The van der Waals surface area contributed by atoms with Gasteiger partial charge in [0, 0.05) is 41.6 Å². The van der Waals surface area contributed by atoms with Gasteiger partial charge in [0.15, 0.2) is 0 Å². The summed E-state index contributed by atoms with van der Waals surface area (Å²) in [5, 5.41) is 3.49. The molecular formula is C16H15N3O. The Hall–Kier alpha value is -2.20. The minimum atomic E-state index is 0.765. The molecule has 3 heterocycles. The SMILES string of the molecule is c1ccc2c(c1)nc(N1CCOCC1)c1ccncc12. The van der Waals surface area contributed by atoms with Gasteiger partial charge in [-0.2, -0.15) is 0 Å². The zero-order chi connectivity index (χ0) is 13.4. The summed E-state index contributed by atoms with van der Waals surface area (Å²) in [4.78, 5) is 11.5. The van der Waals surface area contributed by atoms with E-state index in [4.69, 9.17) is 9.72 Å². The second kappa shape index (κ2) is 4.72. The molecule has 4 heteroatoms. The van der Waals surface area contributed by atoms with Crippen LogP contribution < -0.4 is 4.90 Å². The third-order valence-electron chi connectivity index (χ3n) is 3.79. The number of nitrogens with zero attached hydrogens (tertiary/aromatic N) is 3. The minimum absolute atomic E-state index is 0.765. The monoisotopic (exact) mass is 265 g/mol. The maximum atomic E-state index is 5.44. The Kier molecular flexibility index (Phi) is 2.74. The highest BCUT2D eigenvalue weighted by atomic mass is 16.5. The number of hydrogen-bond donors (Lipinski definition) is 0. The molecular weight excluding hydrogens is 250 g/mol. The van der Waals surface area contributed by atoms with Crippen molar-refractivity contribution < 1.29 is 4.74 Å². The molecule has 0 atom stereocenters. The van der Waals surface area contributed by atoms with Crippen LogP contribution in [0.5, 0.6) is 0 Å². The number of benzene rings is 1. The van der Waals surface area contributed by atoms with E-state index in [1.54, 1.807) is 0 Å². The molecule has 0 unspecified atom stereocenters. The van der Waals surface area contributed by atoms with Gasteiger partial charge in [-0.15, -0.1) is 0 Å². The molecule has 0 bridgehead atoms. The van der Waals surface area contributed by atoms with Crippen LogP contribution in [0.4, 0.5) is 5.82 Å². The van der Waals surface area contributed by atoms with Crippen molar-refractivity contribution in [3.05, 3.63) is 42.7 Å². The maximum Gasteiger partial charge on any atom is 0.137 e. The molecule has 0 radical (unpaired) electrons.